The van der Waals surface area contributed by atoms with Crippen molar-refractivity contribution in [3.8, 4) is 0 Å². The molecule has 1 aromatic rings. The molecule has 0 saturated heterocycles. The number of hydrogen-bond acceptors (Lipinski definition) is 4. The van der Waals surface area contributed by atoms with E-state index in [1.165, 1.54) is 12.1 Å². The van der Waals surface area contributed by atoms with E-state index >= 15 is 0 Å². The van der Waals surface area contributed by atoms with Gasteiger partial charge in [0, 0.05) is 5.56 Å². The van der Waals surface area contributed by atoms with Crippen LogP contribution in [0.5, 0.6) is 0 Å². The number of hydrogen-bond donors (Lipinski definition) is 3. The molecule has 0 spiro atoms. The lowest BCUT2D eigenvalue weighted by Crippen LogP contribution is -2.34. The first-order valence-corrected chi connectivity index (χ1v) is 7.75. The second-order valence-corrected chi connectivity index (χ2v) is 5.40. The third kappa shape index (κ3) is 4.62. The Morgan fingerprint density at radius 3 is 2.62 bits per heavy atom. The highest BCUT2D eigenvalue weighted by molar-refractivity contribution is 5.77. The summed E-state index contributed by atoms with van der Waals surface area (Å²) >= 11 is 0. The van der Waals surface area contributed by atoms with E-state index in [0.717, 1.165) is 22.5 Å². The molecule has 2 rings (SSSR count). The molecule has 0 amide bonds. The molecule has 24 heavy (non-hydrogen) atoms. The molecule has 6 heteroatoms. The molecule has 5 nitrogen and oxygen atoms in total. The lowest BCUT2D eigenvalue weighted by Gasteiger charge is -2.13. The minimum atomic E-state index is -0.389. The van der Waals surface area contributed by atoms with Crippen LogP contribution >= 0.6 is 0 Å². The minimum absolute atomic E-state index is 0.270. The first-order chi connectivity index (χ1) is 11.5. The van der Waals surface area contributed by atoms with E-state index in [-0.39, 0.29) is 12.2 Å². The van der Waals surface area contributed by atoms with Crippen LogP contribution in [-0.4, -0.2) is 18.7 Å². The maximum absolute atomic E-state index is 13.2. The molecule has 1 aromatic carbocycles. The maximum atomic E-state index is 13.2. The SMILES string of the molecule is C/C=C\OC1NC(/C(C)=C/CN=C(C)N)=C(c2ccc(F)cc2)N1. The molecule has 1 aliphatic heterocycles. The predicted octanol–water partition coefficient (Wildman–Crippen LogP) is 2.84. The summed E-state index contributed by atoms with van der Waals surface area (Å²) in [5.74, 6) is 0.271. The highest BCUT2D eigenvalue weighted by atomic mass is 19.1. The monoisotopic (exact) mass is 330 g/mol. The summed E-state index contributed by atoms with van der Waals surface area (Å²) in [4.78, 5) is 4.17. The molecule has 0 aromatic heterocycles. The van der Waals surface area contributed by atoms with Crippen LogP contribution in [0.4, 0.5) is 4.39 Å². The quantitative estimate of drug-likeness (QED) is 0.426. The Balaban J connectivity index is 2.29. The molecule has 1 aliphatic rings. The summed E-state index contributed by atoms with van der Waals surface area (Å²) in [6, 6.07) is 6.32. The van der Waals surface area contributed by atoms with E-state index in [9.17, 15) is 4.39 Å². The third-order valence-electron chi connectivity index (χ3n) is 3.42. The van der Waals surface area contributed by atoms with Gasteiger partial charge in [-0.1, -0.05) is 12.2 Å². The summed E-state index contributed by atoms with van der Waals surface area (Å²) in [6.45, 7) is 6.11. The zero-order valence-corrected chi connectivity index (χ0v) is 14.1. The van der Waals surface area contributed by atoms with Crippen molar-refractivity contribution in [2.24, 2.45) is 10.7 Å². The zero-order valence-electron chi connectivity index (χ0n) is 14.1. The second-order valence-electron chi connectivity index (χ2n) is 5.40. The number of aliphatic imine (C=N–C) groups is 1. The van der Waals surface area contributed by atoms with Crippen LogP contribution in [0.25, 0.3) is 5.70 Å². The van der Waals surface area contributed by atoms with Gasteiger partial charge in [0.1, 0.15) is 5.82 Å². The van der Waals surface area contributed by atoms with E-state index < -0.39 is 0 Å². The molecule has 0 saturated carbocycles. The fourth-order valence-corrected chi connectivity index (χ4v) is 2.25. The Bertz CT molecular complexity index is 685. The van der Waals surface area contributed by atoms with Crippen LogP contribution in [0, 0.1) is 5.82 Å². The highest BCUT2D eigenvalue weighted by Crippen LogP contribution is 2.25. The smallest absolute Gasteiger partial charge is 0.247 e. The van der Waals surface area contributed by atoms with Gasteiger partial charge in [-0.3, -0.25) is 4.99 Å². The molecular formula is C18H23FN4O. The normalized spacial score (nSPS) is 18.8. The number of rotatable bonds is 6. The van der Waals surface area contributed by atoms with Crippen LogP contribution in [-0.2, 0) is 4.74 Å². The Morgan fingerprint density at radius 2 is 2.00 bits per heavy atom. The van der Waals surface area contributed by atoms with Gasteiger partial charge in [0.05, 0.1) is 30.0 Å². The van der Waals surface area contributed by atoms with E-state index in [1.54, 1.807) is 31.4 Å². The molecule has 128 valence electrons. The van der Waals surface area contributed by atoms with E-state index in [0.29, 0.717) is 12.4 Å². The van der Waals surface area contributed by atoms with Crippen LogP contribution in [0.1, 0.15) is 26.3 Å². The molecule has 1 atom stereocenters. The molecule has 4 N–H and O–H groups in total. The molecule has 0 fully saturated rings. The van der Waals surface area contributed by atoms with Crippen molar-refractivity contribution in [1.82, 2.24) is 10.6 Å². The standard InChI is InChI=1S/C18H23FN4O/c1-4-11-24-18-22-16(12(2)9-10-21-13(3)20)17(23-18)14-5-7-15(19)8-6-14/h4-9,11,18,22-23H,10H2,1-3H3,(H2,20,21)/b11-4-,12-9+. The summed E-state index contributed by atoms with van der Waals surface area (Å²) < 4.78 is 18.7. The number of nitrogens with zero attached hydrogens (tertiary/aromatic N) is 1. The van der Waals surface area contributed by atoms with Crippen LogP contribution in [0.15, 0.2) is 58.9 Å². The molecule has 1 unspecified atom stereocenters. The minimum Gasteiger partial charge on any atom is -0.460 e. The van der Waals surface area contributed by atoms with E-state index in [1.807, 2.05) is 19.9 Å². The molecule has 0 bridgehead atoms. The Hall–Kier alpha value is -2.76. The van der Waals surface area contributed by atoms with Gasteiger partial charge in [-0.15, -0.1) is 0 Å². The van der Waals surface area contributed by atoms with Gasteiger partial charge in [-0.05, 0) is 50.6 Å². The number of nitrogens with one attached hydrogen (secondary N) is 2. The van der Waals surface area contributed by atoms with Crippen molar-refractivity contribution in [3.63, 3.8) is 0 Å². The van der Waals surface area contributed by atoms with Gasteiger partial charge in [-0.2, -0.15) is 0 Å². The Morgan fingerprint density at radius 1 is 1.29 bits per heavy atom. The van der Waals surface area contributed by atoms with Gasteiger partial charge in [0.15, 0.2) is 0 Å². The molecular weight excluding hydrogens is 307 g/mol. The summed E-state index contributed by atoms with van der Waals surface area (Å²) in [7, 11) is 0. The number of amidine groups is 1. The van der Waals surface area contributed by atoms with Crippen molar-refractivity contribution >= 4 is 11.5 Å². The fraction of sp³-hybridized carbons (Fsp3) is 0.278. The molecule has 0 radical (unpaired) electrons. The van der Waals surface area contributed by atoms with Crippen molar-refractivity contribution in [2.45, 2.75) is 27.1 Å². The molecule has 0 aliphatic carbocycles. The van der Waals surface area contributed by atoms with Gasteiger partial charge in [-0.25, -0.2) is 4.39 Å². The van der Waals surface area contributed by atoms with Gasteiger partial charge in [0.2, 0.25) is 6.35 Å². The lowest BCUT2D eigenvalue weighted by molar-refractivity contribution is 0.116. The largest absolute Gasteiger partial charge is 0.460 e. The number of halogens is 1. The highest BCUT2D eigenvalue weighted by Gasteiger charge is 2.24. The topological polar surface area (TPSA) is 71.7 Å². The van der Waals surface area contributed by atoms with E-state index in [4.69, 9.17) is 10.5 Å². The summed E-state index contributed by atoms with van der Waals surface area (Å²) in [5.41, 5.74) is 9.17. The number of allylic oxidation sites excluding steroid dienone is 2. The third-order valence-corrected chi connectivity index (χ3v) is 3.42. The van der Waals surface area contributed by atoms with Gasteiger partial charge >= 0.3 is 0 Å². The Kier molecular flexibility index (Phi) is 6.01. The van der Waals surface area contributed by atoms with Crippen molar-refractivity contribution in [3.05, 3.63) is 65.3 Å². The fourth-order valence-electron chi connectivity index (χ4n) is 2.25. The van der Waals surface area contributed by atoms with Crippen LogP contribution < -0.4 is 16.4 Å². The number of nitrogens with two attached hydrogens (primary N) is 1. The number of ether oxygens (including phenoxy) is 1. The average molecular weight is 330 g/mol. The summed E-state index contributed by atoms with van der Waals surface area (Å²) in [6.07, 6.45) is 5.00. The van der Waals surface area contributed by atoms with Crippen molar-refractivity contribution in [1.29, 1.82) is 0 Å². The van der Waals surface area contributed by atoms with Crippen LogP contribution in [0.3, 0.4) is 0 Å². The van der Waals surface area contributed by atoms with Crippen molar-refractivity contribution < 1.29 is 9.13 Å². The van der Waals surface area contributed by atoms with Gasteiger partial charge < -0.3 is 21.1 Å². The zero-order chi connectivity index (χ0) is 17.5. The predicted molar refractivity (Wildman–Crippen MR) is 95.2 cm³/mol. The maximum Gasteiger partial charge on any atom is 0.247 e. The second kappa shape index (κ2) is 8.19. The van der Waals surface area contributed by atoms with Crippen molar-refractivity contribution in [2.75, 3.05) is 6.54 Å². The van der Waals surface area contributed by atoms with Crippen LogP contribution in [0.2, 0.25) is 0 Å². The van der Waals surface area contributed by atoms with Gasteiger partial charge in [0.25, 0.3) is 0 Å². The average Bonchev–Trinajstić information content (AvgIpc) is 2.97. The lowest BCUT2D eigenvalue weighted by atomic mass is 10.1. The van der Waals surface area contributed by atoms with E-state index in [2.05, 4.69) is 15.6 Å². The Labute approximate surface area is 141 Å². The first-order valence-electron chi connectivity index (χ1n) is 7.75. The molecule has 1 heterocycles. The summed E-state index contributed by atoms with van der Waals surface area (Å²) in [5, 5.41) is 6.54. The first kappa shape index (κ1) is 17.6. The number of benzene rings is 1.